The minimum absolute atomic E-state index is 0.0393. The minimum atomic E-state index is -0.778. The molecular formula is C25H28N2O2. The summed E-state index contributed by atoms with van der Waals surface area (Å²) in [7, 11) is 0. The van der Waals surface area contributed by atoms with Gasteiger partial charge in [0.15, 0.2) is 0 Å². The molecule has 0 saturated heterocycles. The molecule has 1 N–H and O–H groups in total. The van der Waals surface area contributed by atoms with Crippen LogP contribution >= 0.6 is 0 Å². The Morgan fingerprint density at radius 1 is 1.07 bits per heavy atom. The second kappa shape index (κ2) is 7.25. The number of para-hydroxylation sites is 1. The van der Waals surface area contributed by atoms with Gasteiger partial charge in [-0.2, -0.15) is 0 Å². The standard InChI is InChI=1S/C25H28N2O2/c1-17-11-12-19-22(15-17)27-14-13-26(16-23(28)29)21-10-6-5-9-20(21)25(27)24(19)18-7-3-2-4-8-18/h5-6,9-12,15,18H,2-4,7-8,13-14,16H2,1H3,(H,28,29). The van der Waals surface area contributed by atoms with Gasteiger partial charge in [-0.3, -0.25) is 4.79 Å². The van der Waals surface area contributed by atoms with E-state index in [1.54, 1.807) is 0 Å². The Hall–Kier alpha value is -2.75. The number of benzene rings is 2. The molecule has 29 heavy (non-hydrogen) atoms. The van der Waals surface area contributed by atoms with E-state index in [4.69, 9.17) is 0 Å². The number of carbonyl (C=O) groups is 1. The third-order valence-electron chi connectivity index (χ3n) is 6.69. The van der Waals surface area contributed by atoms with Gasteiger partial charge in [-0.15, -0.1) is 0 Å². The van der Waals surface area contributed by atoms with Crippen molar-refractivity contribution in [3.05, 3.63) is 53.6 Å². The summed E-state index contributed by atoms with van der Waals surface area (Å²) in [6.07, 6.45) is 6.44. The normalized spacial score (nSPS) is 17.1. The van der Waals surface area contributed by atoms with E-state index in [0.717, 1.165) is 12.2 Å². The zero-order valence-electron chi connectivity index (χ0n) is 17.0. The Balaban J connectivity index is 1.79. The highest BCUT2D eigenvalue weighted by molar-refractivity contribution is 5.96. The number of aromatic nitrogens is 1. The maximum absolute atomic E-state index is 11.5. The largest absolute Gasteiger partial charge is 0.480 e. The van der Waals surface area contributed by atoms with Crippen molar-refractivity contribution in [2.45, 2.75) is 51.5 Å². The van der Waals surface area contributed by atoms with Crippen LogP contribution in [0.3, 0.4) is 0 Å². The second-order valence-corrected chi connectivity index (χ2v) is 8.60. The molecule has 4 nitrogen and oxygen atoms in total. The molecule has 150 valence electrons. The lowest BCUT2D eigenvalue weighted by Gasteiger charge is -2.25. The van der Waals surface area contributed by atoms with Gasteiger partial charge in [0.1, 0.15) is 6.54 Å². The molecule has 0 atom stereocenters. The number of carboxylic acids is 1. The van der Waals surface area contributed by atoms with Gasteiger partial charge in [-0.05, 0) is 48.9 Å². The predicted octanol–water partition coefficient (Wildman–Crippen LogP) is 5.57. The average molecular weight is 389 g/mol. The number of hydrogen-bond donors (Lipinski definition) is 1. The summed E-state index contributed by atoms with van der Waals surface area (Å²) in [6, 6.07) is 15.2. The van der Waals surface area contributed by atoms with Gasteiger partial charge in [0.25, 0.3) is 0 Å². The maximum Gasteiger partial charge on any atom is 0.323 e. The molecule has 2 aliphatic rings. The van der Waals surface area contributed by atoms with Gasteiger partial charge in [-0.1, -0.05) is 49.6 Å². The molecule has 2 heterocycles. The number of anilines is 1. The first-order chi connectivity index (χ1) is 14.1. The molecule has 0 radical (unpaired) electrons. The maximum atomic E-state index is 11.5. The van der Waals surface area contributed by atoms with E-state index in [0.29, 0.717) is 12.5 Å². The van der Waals surface area contributed by atoms with Crippen LogP contribution in [-0.2, 0) is 11.3 Å². The van der Waals surface area contributed by atoms with Crippen molar-refractivity contribution in [2.24, 2.45) is 0 Å². The van der Waals surface area contributed by atoms with Crippen LogP contribution in [0.1, 0.15) is 49.1 Å². The zero-order valence-corrected chi connectivity index (χ0v) is 17.0. The van der Waals surface area contributed by atoms with E-state index in [1.165, 1.54) is 65.4 Å². The first-order valence-electron chi connectivity index (χ1n) is 10.8. The van der Waals surface area contributed by atoms with Crippen LogP contribution in [0.15, 0.2) is 42.5 Å². The molecule has 1 aliphatic carbocycles. The molecule has 5 rings (SSSR count). The summed E-state index contributed by atoms with van der Waals surface area (Å²) in [5.41, 5.74) is 7.61. The molecule has 2 aromatic carbocycles. The number of aliphatic carboxylic acids is 1. The Labute approximate surface area is 171 Å². The van der Waals surface area contributed by atoms with E-state index < -0.39 is 5.97 Å². The first-order valence-corrected chi connectivity index (χ1v) is 10.8. The number of fused-ring (bicyclic) bond motifs is 5. The highest BCUT2D eigenvalue weighted by Crippen LogP contribution is 2.47. The summed E-state index contributed by atoms with van der Waals surface area (Å²) in [4.78, 5) is 13.5. The minimum Gasteiger partial charge on any atom is -0.480 e. The number of aryl methyl sites for hydroxylation is 1. The molecule has 0 bridgehead atoms. The molecule has 1 saturated carbocycles. The topological polar surface area (TPSA) is 45.5 Å². The second-order valence-electron chi connectivity index (χ2n) is 8.60. The van der Waals surface area contributed by atoms with E-state index in [9.17, 15) is 9.90 Å². The van der Waals surface area contributed by atoms with Crippen LogP contribution in [0.2, 0.25) is 0 Å². The Bertz CT molecular complexity index is 1080. The van der Waals surface area contributed by atoms with Crippen LogP contribution in [0.4, 0.5) is 5.69 Å². The van der Waals surface area contributed by atoms with Crippen LogP contribution in [0.25, 0.3) is 22.2 Å². The molecule has 0 spiro atoms. The van der Waals surface area contributed by atoms with Gasteiger partial charge in [0.2, 0.25) is 0 Å². The summed E-state index contributed by atoms with van der Waals surface area (Å²) >= 11 is 0. The smallest absolute Gasteiger partial charge is 0.323 e. The number of hydrogen-bond acceptors (Lipinski definition) is 2. The van der Waals surface area contributed by atoms with E-state index in [-0.39, 0.29) is 6.54 Å². The van der Waals surface area contributed by atoms with Crippen molar-refractivity contribution in [3.63, 3.8) is 0 Å². The van der Waals surface area contributed by atoms with Crippen molar-refractivity contribution in [3.8, 4) is 11.3 Å². The fraction of sp³-hybridized carbons (Fsp3) is 0.400. The number of carboxylic acid groups (broad SMARTS) is 1. The monoisotopic (exact) mass is 388 g/mol. The molecule has 0 amide bonds. The zero-order chi connectivity index (χ0) is 20.0. The highest BCUT2D eigenvalue weighted by Gasteiger charge is 2.30. The van der Waals surface area contributed by atoms with E-state index in [2.05, 4.69) is 47.9 Å². The summed E-state index contributed by atoms with van der Waals surface area (Å²) in [6.45, 7) is 3.71. The van der Waals surface area contributed by atoms with Crippen LogP contribution in [0, 0.1) is 6.92 Å². The molecule has 4 heteroatoms. The molecule has 0 unspecified atom stereocenters. The summed E-state index contributed by atoms with van der Waals surface area (Å²) < 4.78 is 2.47. The molecule has 1 aliphatic heterocycles. The highest BCUT2D eigenvalue weighted by atomic mass is 16.4. The third-order valence-corrected chi connectivity index (χ3v) is 6.69. The van der Waals surface area contributed by atoms with Crippen molar-refractivity contribution in [1.82, 2.24) is 4.57 Å². The lowest BCUT2D eigenvalue weighted by atomic mass is 9.81. The van der Waals surface area contributed by atoms with Gasteiger partial charge in [-0.25, -0.2) is 0 Å². The number of nitrogens with zero attached hydrogens (tertiary/aromatic N) is 2. The predicted molar refractivity (Wildman–Crippen MR) is 118 cm³/mol. The van der Waals surface area contributed by atoms with Crippen molar-refractivity contribution >= 4 is 22.6 Å². The lowest BCUT2D eigenvalue weighted by molar-refractivity contribution is -0.135. The van der Waals surface area contributed by atoms with E-state index >= 15 is 0 Å². The van der Waals surface area contributed by atoms with Crippen molar-refractivity contribution in [1.29, 1.82) is 0 Å². The average Bonchev–Trinajstić information content (AvgIpc) is 2.95. The van der Waals surface area contributed by atoms with Crippen LogP contribution in [0.5, 0.6) is 0 Å². The van der Waals surface area contributed by atoms with Gasteiger partial charge in [0.05, 0.1) is 5.69 Å². The third kappa shape index (κ3) is 3.11. The van der Waals surface area contributed by atoms with Crippen LogP contribution in [-0.4, -0.2) is 28.7 Å². The molecule has 1 aromatic heterocycles. The summed E-state index contributed by atoms with van der Waals surface area (Å²) in [5.74, 6) is -0.191. The van der Waals surface area contributed by atoms with Crippen molar-refractivity contribution < 1.29 is 9.90 Å². The van der Waals surface area contributed by atoms with Gasteiger partial charge >= 0.3 is 5.97 Å². The Morgan fingerprint density at radius 2 is 1.86 bits per heavy atom. The SMILES string of the molecule is Cc1ccc2c(C3CCCCC3)c3n(c2c1)CCN(CC(=O)O)c1ccccc1-3. The van der Waals surface area contributed by atoms with Crippen molar-refractivity contribution in [2.75, 3.05) is 18.0 Å². The fourth-order valence-corrected chi connectivity index (χ4v) is 5.43. The van der Waals surface area contributed by atoms with Gasteiger partial charge in [0, 0.05) is 35.2 Å². The first kappa shape index (κ1) is 18.3. The molecule has 1 fully saturated rings. The fourth-order valence-electron chi connectivity index (χ4n) is 5.43. The molecular weight excluding hydrogens is 360 g/mol. The quantitative estimate of drug-likeness (QED) is 0.638. The number of rotatable bonds is 3. The van der Waals surface area contributed by atoms with Crippen LogP contribution < -0.4 is 4.90 Å². The Morgan fingerprint density at radius 3 is 2.66 bits per heavy atom. The summed E-state index contributed by atoms with van der Waals surface area (Å²) in [5, 5.41) is 10.9. The Kier molecular flexibility index (Phi) is 4.57. The lowest BCUT2D eigenvalue weighted by Crippen LogP contribution is -2.31. The van der Waals surface area contributed by atoms with E-state index in [1.807, 2.05) is 11.0 Å². The van der Waals surface area contributed by atoms with Gasteiger partial charge < -0.3 is 14.6 Å². The molecule has 3 aromatic rings.